The van der Waals surface area contributed by atoms with Gasteiger partial charge in [0, 0.05) is 15.9 Å². The molecule has 0 atom stereocenters. The molecule has 0 unspecified atom stereocenters. The summed E-state index contributed by atoms with van der Waals surface area (Å²) in [5.74, 6) is 0. The summed E-state index contributed by atoms with van der Waals surface area (Å²) in [6.07, 6.45) is 3.32. The number of pyridine rings is 1. The molecule has 4 aromatic carbocycles. The topological polar surface area (TPSA) is 3.88 Å². The molecular weight excluding hydrogens is 406 g/mol. The van der Waals surface area contributed by atoms with Crippen molar-refractivity contribution in [3.8, 4) is 11.3 Å². The number of rotatable bonds is 1. The molecule has 2 heteroatoms. The molecule has 0 amide bonds. The molecule has 0 fully saturated rings. The van der Waals surface area contributed by atoms with Crippen molar-refractivity contribution in [1.29, 1.82) is 0 Å². The summed E-state index contributed by atoms with van der Waals surface area (Å²) in [4.78, 5) is 2.77. The number of fused-ring (bicyclic) bond motifs is 5. The molecule has 0 N–H and O–H groups in total. The molecule has 2 heterocycles. The minimum Gasteiger partial charge on any atom is -0.200 e. The van der Waals surface area contributed by atoms with Crippen LogP contribution in [0, 0.1) is 12.3 Å². The van der Waals surface area contributed by atoms with E-state index >= 15 is 0 Å². The fraction of sp³-hybridized carbons (Fsp3) is 0.233. The van der Waals surface area contributed by atoms with E-state index in [0.29, 0.717) is 0 Å². The summed E-state index contributed by atoms with van der Waals surface area (Å²) in [7, 11) is 2.20. The lowest BCUT2D eigenvalue weighted by atomic mass is 9.83. The first-order chi connectivity index (χ1) is 15.3. The van der Waals surface area contributed by atoms with Gasteiger partial charge in [0.15, 0.2) is 6.20 Å². The molecular formula is C30H28NS+. The van der Waals surface area contributed by atoms with Crippen molar-refractivity contribution in [2.24, 2.45) is 12.5 Å². The van der Waals surface area contributed by atoms with E-state index in [-0.39, 0.29) is 5.41 Å². The maximum absolute atomic E-state index is 2.39. The van der Waals surface area contributed by atoms with Crippen LogP contribution in [0.4, 0.5) is 0 Å². The molecule has 0 spiro atoms. The summed E-state index contributed by atoms with van der Waals surface area (Å²) in [6.45, 7) is 9.33. The summed E-state index contributed by atoms with van der Waals surface area (Å²) in [5, 5.41) is 8.29. The average molecular weight is 435 g/mol. The fourth-order valence-corrected chi connectivity index (χ4v) is 6.82. The lowest BCUT2D eigenvalue weighted by Gasteiger charge is -2.26. The van der Waals surface area contributed by atoms with Crippen LogP contribution in [-0.2, 0) is 13.5 Å². The van der Waals surface area contributed by atoms with Crippen molar-refractivity contribution in [2.75, 3.05) is 0 Å². The number of aromatic nitrogens is 1. The Morgan fingerprint density at radius 1 is 0.844 bits per heavy atom. The zero-order valence-electron chi connectivity index (χ0n) is 19.4. The summed E-state index contributed by atoms with van der Waals surface area (Å²) >= 11 is 1.96. The minimum absolute atomic E-state index is 0.219. The van der Waals surface area contributed by atoms with Gasteiger partial charge in [0.2, 0.25) is 5.69 Å². The highest BCUT2D eigenvalue weighted by Crippen LogP contribution is 2.53. The highest BCUT2D eigenvalue weighted by Gasteiger charge is 2.32. The Kier molecular flexibility index (Phi) is 4.23. The van der Waals surface area contributed by atoms with E-state index in [1.165, 1.54) is 64.5 Å². The van der Waals surface area contributed by atoms with Gasteiger partial charge in [-0.05, 0) is 62.9 Å². The van der Waals surface area contributed by atoms with E-state index in [1.807, 2.05) is 11.8 Å². The second-order valence-electron chi connectivity index (χ2n) is 10.4. The molecule has 1 aromatic heterocycles. The predicted molar refractivity (Wildman–Crippen MR) is 138 cm³/mol. The van der Waals surface area contributed by atoms with E-state index in [0.717, 1.165) is 6.42 Å². The van der Waals surface area contributed by atoms with Crippen molar-refractivity contribution < 1.29 is 4.57 Å². The fourth-order valence-electron chi connectivity index (χ4n) is 5.46. The first kappa shape index (κ1) is 19.8. The Labute approximate surface area is 194 Å². The second-order valence-corrected chi connectivity index (χ2v) is 11.4. The van der Waals surface area contributed by atoms with Gasteiger partial charge in [0.25, 0.3) is 0 Å². The number of hydrogen-bond donors (Lipinski definition) is 0. The van der Waals surface area contributed by atoms with Crippen molar-refractivity contribution in [1.82, 2.24) is 0 Å². The molecule has 0 radical (unpaired) electrons. The minimum atomic E-state index is 0.219. The van der Waals surface area contributed by atoms with Gasteiger partial charge in [-0.15, -0.1) is 0 Å². The lowest BCUT2D eigenvalue weighted by Crippen LogP contribution is -2.32. The van der Waals surface area contributed by atoms with E-state index in [4.69, 9.17) is 0 Å². The molecule has 5 aromatic rings. The van der Waals surface area contributed by atoms with Gasteiger partial charge in [-0.1, -0.05) is 81.1 Å². The van der Waals surface area contributed by atoms with Gasteiger partial charge in [0.05, 0.1) is 10.9 Å². The average Bonchev–Trinajstić information content (AvgIpc) is 2.76. The Morgan fingerprint density at radius 3 is 2.28 bits per heavy atom. The first-order valence-electron chi connectivity index (χ1n) is 11.4. The third kappa shape index (κ3) is 2.82. The van der Waals surface area contributed by atoms with Crippen molar-refractivity contribution >= 4 is 44.1 Å². The van der Waals surface area contributed by atoms with Crippen LogP contribution >= 0.6 is 11.8 Å². The second kappa shape index (κ2) is 6.83. The van der Waals surface area contributed by atoms with E-state index in [1.54, 1.807) is 0 Å². The molecule has 0 saturated heterocycles. The van der Waals surface area contributed by atoms with Crippen LogP contribution < -0.4 is 4.57 Å². The maximum atomic E-state index is 2.39. The van der Waals surface area contributed by atoms with Gasteiger partial charge in [-0.3, -0.25) is 0 Å². The third-order valence-electron chi connectivity index (χ3n) is 6.80. The molecule has 1 aliphatic heterocycles. The first-order valence-corrected chi connectivity index (χ1v) is 12.2. The van der Waals surface area contributed by atoms with Crippen LogP contribution in [0.1, 0.15) is 31.9 Å². The monoisotopic (exact) mass is 434 g/mol. The Morgan fingerprint density at radius 2 is 1.53 bits per heavy atom. The number of nitrogens with zero attached hydrogens (tertiary/aromatic N) is 1. The van der Waals surface area contributed by atoms with Crippen LogP contribution in [0.2, 0.25) is 0 Å². The van der Waals surface area contributed by atoms with Crippen molar-refractivity contribution in [2.45, 2.75) is 43.9 Å². The van der Waals surface area contributed by atoms with Crippen LogP contribution in [0.5, 0.6) is 0 Å². The van der Waals surface area contributed by atoms with Crippen LogP contribution in [-0.4, -0.2) is 0 Å². The highest BCUT2D eigenvalue weighted by atomic mass is 32.2. The molecule has 32 heavy (non-hydrogen) atoms. The number of benzene rings is 4. The van der Waals surface area contributed by atoms with Gasteiger partial charge in [-0.25, -0.2) is 4.57 Å². The Balaban J connectivity index is 1.83. The standard InChI is InChI=1S/C30H28NS/c1-18-20-11-7-6-10-19(20)16-25-26(18)28-27-22(14-15-31(28)5)24(17-30(2,3)4)21-12-8-9-13-23(21)29(27)32-25/h6-16H,17H2,1-5H3/q+1. The van der Waals surface area contributed by atoms with Gasteiger partial charge in [-0.2, -0.15) is 0 Å². The quantitative estimate of drug-likeness (QED) is 0.187. The Bertz CT molecular complexity index is 1570. The zero-order valence-corrected chi connectivity index (χ0v) is 20.2. The molecule has 158 valence electrons. The van der Waals surface area contributed by atoms with Crippen molar-refractivity contribution in [3.63, 3.8) is 0 Å². The van der Waals surface area contributed by atoms with Gasteiger partial charge in [0.1, 0.15) is 7.05 Å². The third-order valence-corrected chi connectivity index (χ3v) is 7.97. The van der Waals surface area contributed by atoms with Crippen LogP contribution in [0.3, 0.4) is 0 Å². The maximum Gasteiger partial charge on any atom is 0.222 e. The van der Waals surface area contributed by atoms with Crippen molar-refractivity contribution in [3.05, 3.63) is 78.0 Å². The smallest absolute Gasteiger partial charge is 0.200 e. The summed E-state index contributed by atoms with van der Waals surface area (Å²) < 4.78 is 2.34. The van der Waals surface area contributed by atoms with E-state index < -0.39 is 0 Å². The molecule has 0 bridgehead atoms. The Hall–Kier alpha value is -2.84. The zero-order chi connectivity index (χ0) is 22.2. The summed E-state index contributed by atoms with van der Waals surface area (Å²) in [6, 6.07) is 22.6. The van der Waals surface area contributed by atoms with E-state index in [9.17, 15) is 0 Å². The molecule has 1 nitrogen and oxygen atoms in total. The van der Waals surface area contributed by atoms with E-state index in [2.05, 4.69) is 106 Å². The summed E-state index contributed by atoms with van der Waals surface area (Å²) in [5.41, 5.74) is 5.83. The largest absolute Gasteiger partial charge is 0.222 e. The van der Waals surface area contributed by atoms with Gasteiger partial charge >= 0.3 is 0 Å². The highest BCUT2D eigenvalue weighted by molar-refractivity contribution is 8.00. The number of aryl methyl sites for hydroxylation is 2. The lowest BCUT2D eigenvalue weighted by molar-refractivity contribution is -0.659. The molecule has 6 rings (SSSR count). The molecule has 1 aliphatic rings. The molecule has 0 aliphatic carbocycles. The SMILES string of the molecule is Cc1c2c(cc3ccccc13)Sc1c3ccccc3c(CC(C)(C)C)c3cc[n+](C)c-2c13. The molecule has 0 saturated carbocycles. The normalized spacial score (nSPS) is 13.2. The predicted octanol–water partition coefficient (Wildman–Crippen LogP) is 8.00. The number of hydrogen-bond acceptors (Lipinski definition) is 1. The van der Waals surface area contributed by atoms with Gasteiger partial charge < -0.3 is 0 Å². The van der Waals surface area contributed by atoms with Crippen LogP contribution in [0.25, 0.3) is 43.6 Å². The van der Waals surface area contributed by atoms with Crippen LogP contribution in [0.15, 0.2) is 76.7 Å².